The van der Waals surface area contributed by atoms with E-state index in [1.807, 2.05) is 0 Å². The number of hydrogen-bond acceptors (Lipinski definition) is 5. The van der Waals surface area contributed by atoms with E-state index in [1.54, 1.807) is 38.1 Å². The first kappa shape index (κ1) is 19.5. The first-order valence-corrected chi connectivity index (χ1v) is 7.69. The summed E-state index contributed by atoms with van der Waals surface area (Å²) in [6.07, 6.45) is -4.52. The Hall–Kier alpha value is -2.81. The zero-order valence-electron chi connectivity index (χ0n) is 14.0. The van der Waals surface area contributed by atoms with Crippen molar-refractivity contribution in [3.8, 4) is 17.4 Å². The number of aromatic nitrogens is 1. The van der Waals surface area contributed by atoms with E-state index in [0.29, 0.717) is 24.3 Å². The van der Waals surface area contributed by atoms with E-state index >= 15 is 0 Å². The lowest BCUT2D eigenvalue weighted by Crippen LogP contribution is -2.36. The molecule has 0 aliphatic heterocycles. The maximum Gasteiger partial charge on any atom is 0.417 e. The van der Waals surface area contributed by atoms with Gasteiger partial charge in [-0.05, 0) is 44.2 Å². The van der Waals surface area contributed by atoms with Gasteiger partial charge in [0.2, 0.25) is 5.88 Å². The lowest BCUT2D eigenvalue weighted by Gasteiger charge is -2.14. The van der Waals surface area contributed by atoms with Crippen LogP contribution in [-0.2, 0) is 15.8 Å². The summed E-state index contributed by atoms with van der Waals surface area (Å²) in [5.41, 5.74) is 1.38. The van der Waals surface area contributed by atoms with E-state index in [1.165, 1.54) is 0 Å². The van der Waals surface area contributed by atoms with Crippen LogP contribution in [0.15, 0.2) is 42.6 Å². The summed E-state index contributed by atoms with van der Waals surface area (Å²) >= 11 is 0. The number of carbonyl (C=O) groups is 1. The molecule has 9 heteroatoms. The Morgan fingerprint density at radius 1 is 1.15 bits per heavy atom. The van der Waals surface area contributed by atoms with Crippen LogP contribution < -0.4 is 15.0 Å². The molecule has 0 saturated carbocycles. The van der Waals surface area contributed by atoms with Crippen molar-refractivity contribution in [1.29, 1.82) is 0 Å². The van der Waals surface area contributed by atoms with Crippen LogP contribution >= 0.6 is 0 Å². The highest BCUT2D eigenvalue weighted by Gasteiger charge is 2.30. The highest BCUT2D eigenvalue weighted by molar-refractivity contribution is 5.79. The van der Waals surface area contributed by atoms with Gasteiger partial charge in [0.05, 0.1) is 12.2 Å². The number of amides is 1. The van der Waals surface area contributed by atoms with Crippen molar-refractivity contribution in [2.75, 3.05) is 6.61 Å². The number of hydroxylamine groups is 1. The topological polar surface area (TPSA) is 69.7 Å². The van der Waals surface area contributed by atoms with Crippen LogP contribution in [0.4, 0.5) is 13.2 Å². The van der Waals surface area contributed by atoms with Gasteiger partial charge < -0.3 is 9.47 Å². The highest BCUT2D eigenvalue weighted by Crippen LogP contribution is 2.30. The van der Waals surface area contributed by atoms with Crippen molar-refractivity contribution >= 4 is 5.91 Å². The SMILES string of the molecule is CCONC(=O)C(C)Oc1ccc(Oc2ccc(C(F)(F)F)cn2)cc1. The molecule has 1 atom stereocenters. The minimum Gasteiger partial charge on any atom is -0.481 e. The van der Waals surface area contributed by atoms with Gasteiger partial charge in [-0.25, -0.2) is 10.5 Å². The molecule has 0 saturated heterocycles. The molecule has 0 fully saturated rings. The second-order valence-electron chi connectivity index (χ2n) is 5.12. The fourth-order valence-corrected chi connectivity index (χ4v) is 1.80. The van der Waals surface area contributed by atoms with E-state index < -0.39 is 23.8 Å². The number of benzene rings is 1. The Morgan fingerprint density at radius 2 is 1.81 bits per heavy atom. The van der Waals surface area contributed by atoms with Crippen molar-refractivity contribution in [1.82, 2.24) is 10.5 Å². The van der Waals surface area contributed by atoms with E-state index in [9.17, 15) is 18.0 Å². The summed E-state index contributed by atoms with van der Waals surface area (Å²) < 4.78 is 48.3. The maximum atomic E-state index is 12.5. The smallest absolute Gasteiger partial charge is 0.417 e. The molecule has 0 spiro atoms. The van der Waals surface area contributed by atoms with Gasteiger partial charge in [0, 0.05) is 12.3 Å². The third kappa shape index (κ3) is 5.62. The Kier molecular flexibility index (Phi) is 6.40. The van der Waals surface area contributed by atoms with Crippen LogP contribution in [0.1, 0.15) is 19.4 Å². The summed E-state index contributed by atoms with van der Waals surface area (Å²) in [7, 11) is 0. The molecule has 0 aliphatic carbocycles. The third-order valence-corrected chi connectivity index (χ3v) is 3.11. The largest absolute Gasteiger partial charge is 0.481 e. The van der Waals surface area contributed by atoms with Crippen molar-refractivity contribution in [2.24, 2.45) is 0 Å². The number of rotatable bonds is 7. The molecule has 6 nitrogen and oxygen atoms in total. The Balaban J connectivity index is 1.94. The molecule has 1 heterocycles. The summed E-state index contributed by atoms with van der Waals surface area (Å²) in [4.78, 5) is 20.1. The minimum atomic E-state index is -4.45. The Bertz CT molecular complexity index is 718. The third-order valence-electron chi connectivity index (χ3n) is 3.11. The number of halogens is 3. The summed E-state index contributed by atoms with van der Waals surface area (Å²) in [6, 6.07) is 8.23. The average Bonchev–Trinajstić information content (AvgIpc) is 2.61. The van der Waals surface area contributed by atoms with Gasteiger partial charge in [0.15, 0.2) is 6.10 Å². The van der Waals surface area contributed by atoms with E-state index in [4.69, 9.17) is 14.3 Å². The number of ether oxygens (including phenoxy) is 2. The van der Waals surface area contributed by atoms with Crippen molar-refractivity contribution in [2.45, 2.75) is 26.1 Å². The molecule has 140 valence electrons. The summed E-state index contributed by atoms with van der Waals surface area (Å²) in [5.74, 6) is 0.366. The zero-order valence-corrected chi connectivity index (χ0v) is 14.0. The standard InChI is InChI=1S/C17H17F3N2O4/c1-3-24-22-16(23)11(2)25-13-5-7-14(8-6-13)26-15-9-4-12(10-21-15)17(18,19)20/h4-11H,3H2,1-2H3,(H,22,23). The molecule has 1 aromatic carbocycles. The van der Waals surface area contributed by atoms with E-state index in [2.05, 4.69) is 10.5 Å². The number of alkyl halides is 3. The second-order valence-corrected chi connectivity index (χ2v) is 5.12. The van der Waals surface area contributed by atoms with E-state index in [0.717, 1.165) is 12.1 Å². The van der Waals surface area contributed by atoms with Crippen LogP contribution in [0.25, 0.3) is 0 Å². The molecule has 0 bridgehead atoms. The number of nitrogens with zero attached hydrogens (tertiary/aromatic N) is 1. The Morgan fingerprint density at radius 3 is 2.35 bits per heavy atom. The lowest BCUT2D eigenvalue weighted by atomic mass is 10.3. The fraction of sp³-hybridized carbons (Fsp3) is 0.294. The van der Waals surface area contributed by atoms with Gasteiger partial charge in [0.1, 0.15) is 11.5 Å². The molecule has 1 amide bonds. The van der Waals surface area contributed by atoms with Crippen LogP contribution in [-0.4, -0.2) is 23.6 Å². The number of hydrogen-bond donors (Lipinski definition) is 1. The minimum absolute atomic E-state index is 0.0242. The van der Waals surface area contributed by atoms with E-state index in [-0.39, 0.29) is 5.88 Å². The van der Waals surface area contributed by atoms with Crippen molar-refractivity contribution in [3.63, 3.8) is 0 Å². The molecule has 2 rings (SSSR count). The fourth-order valence-electron chi connectivity index (χ4n) is 1.80. The Labute approximate surface area is 147 Å². The van der Waals surface area contributed by atoms with Crippen molar-refractivity contribution < 1.29 is 32.3 Å². The monoisotopic (exact) mass is 370 g/mol. The predicted octanol–water partition coefficient (Wildman–Crippen LogP) is 3.73. The molecule has 1 aromatic heterocycles. The van der Waals surface area contributed by atoms with Crippen LogP contribution in [0.3, 0.4) is 0 Å². The zero-order chi connectivity index (χ0) is 19.2. The van der Waals surface area contributed by atoms with Crippen molar-refractivity contribution in [3.05, 3.63) is 48.2 Å². The van der Waals surface area contributed by atoms with Crippen LogP contribution in [0.2, 0.25) is 0 Å². The molecule has 2 aromatic rings. The number of carbonyl (C=O) groups excluding carboxylic acids is 1. The summed E-state index contributed by atoms with van der Waals surface area (Å²) in [6.45, 7) is 3.63. The molecule has 26 heavy (non-hydrogen) atoms. The molecule has 0 radical (unpaired) electrons. The van der Waals surface area contributed by atoms with Gasteiger partial charge in [-0.1, -0.05) is 0 Å². The molecule has 0 aliphatic rings. The van der Waals surface area contributed by atoms with Gasteiger partial charge in [-0.2, -0.15) is 13.2 Å². The number of nitrogens with one attached hydrogen (secondary N) is 1. The highest BCUT2D eigenvalue weighted by atomic mass is 19.4. The predicted molar refractivity (Wildman–Crippen MR) is 85.6 cm³/mol. The second kappa shape index (κ2) is 8.52. The first-order chi connectivity index (χ1) is 12.3. The van der Waals surface area contributed by atoms with Crippen LogP contribution in [0, 0.1) is 0 Å². The lowest BCUT2D eigenvalue weighted by molar-refractivity contribution is -0.139. The average molecular weight is 370 g/mol. The summed E-state index contributed by atoms with van der Waals surface area (Å²) in [5, 5.41) is 0. The van der Waals surface area contributed by atoms with Crippen LogP contribution in [0.5, 0.6) is 17.4 Å². The molecule has 1 N–H and O–H groups in total. The maximum absolute atomic E-state index is 12.5. The molecule has 1 unspecified atom stereocenters. The van der Waals surface area contributed by atoms with Gasteiger partial charge in [-0.15, -0.1) is 0 Å². The number of pyridine rings is 1. The normalized spacial score (nSPS) is 12.3. The van der Waals surface area contributed by atoms with Gasteiger partial charge in [0.25, 0.3) is 5.91 Å². The first-order valence-electron chi connectivity index (χ1n) is 7.69. The molecular formula is C17H17F3N2O4. The van der Waals surface area contributed by atoms with Gasteiger partial charge in [-0.3, -0.25) is 9.63 Å². The van der Waals surface area contributed by atoms with Gasteiger partial charge >= 0.3 is 6.18 Å². The quantitative estimate of drug-likeness (QED) is 0.752. The molecular weight excluding hydrogens is 353 g/mol.